The number of benzene rings is 1. The van der Waals surface area contributed by atoms with E-state index in [1.807, 2.05) is 0 Å². The number of halogens is 1. The second-order valence-electron chi connectivity index (χ2n) is 4.24. The fourth-order valence-corrected chi connectivity index (χ4v) is 1.35. The van der Waals surface area contributed by atoms with Crippen molar-refractivity contribution >= 4 is 11.6 Å². The molecule has 80 valence electrons. The van der Waals surface area contributed by atoms with E-state index in [2.05, 4.69) is 5.32 Å². The second kappa shape index (κ2) is 3.22. The van der Waals surface area contributed by atoms with Crippen molar-refractivity contribution < 1.29 is 13.9 Å². The zero-order chi connectivity index (χ0) is 11.1. The van der Waals surface area contributed by atoms with Gasteiger partial charge in [-0.2, -0.15) is 0 Å². The number of amides is 1. The lowest BCUT2D eigenvalue weighted by Gasteiger charge is -2.18. The van der Waals surface area contributed by atoms with Gasteiger partial charge in [-0.1, -0.05) is 6.07 Å². The van der Waals surface area contributed by atoms with E-state index >= 15 is 0 Å². The number of hydrogen-bond acceptors (Lipinski definition) is 2. The Bertz CT molecular complexity index is 415. The minimum atomic E-state index is -0.647. The summed E-state index contributed by atoms with van der Waals surface area (Å²) in [5.41, 5.74) is -0.515. The van der Waals surface area contributed by atoms with E-state index in [1.54, 1.807) is 26.0 Å². The first-order valence-corrected chi connectivity index (χ1v) is 4.73. The maximum absolute atomic E-state index is 13.4. The molecule has 0 radical (unpaired) electrons. The number of nitrogens with one attached hydrogen (secondary N) is 1. The highest BCUT2D eigenvalue weighted by Crippen LogP contribution is 2.33. The highest BCUT2D eigenvalue weighted by Gasteiger charge is 2.33. The summed E-state index contributed by atoms with van der Waals surface area (Å²) in [7, 11) is 0. The SMILES string of the molecule is CC1(C)COc2cccc(F)c2NC1=O. The van der Waals surface area contributed by atoms with Gasteiger partial charge in [0.25, 0.3) is 0 Å². The van der Waals surface area contributed by atoms with Gasteiger partial charge in [-0.05, 0) is 26.0 Å². The fraction of sp³-hybridized carbons (Fsp3) is 0.364. The maximum Gasteiger partial charge on any atom is 0.233 e. The molecule has 0 atom stereocenters. The Morgan fingerprint density at radius 1 is 1.47 bits per heavy atom. The van der Waals surface area contributed by atoms with Gasteiger partial charge in [0.1, 0.15) is 18.0 Å². The Hall–Kier alpha value is -1.58. The summed E-state index contributed by atoms with van der Waals surface area (Å²) in [6.45, 7) is 3.76. The molecule has 0 saturated heterocycles. The highest BCUT2D eigenvalue weighted by molar-refractivity contribution is 5.97. The molecule has 1 aliphatic heterocycles. The van der Waals surface area contributed by atoms with Crippen LogP contribution in [0.3, 0.4) is 0 Å². The van der Waals surface area contributed by atoms with Gasteiger partial charge in [0.15, 0.2) is 5.82 Å². The standard InChI is InChI=1S/C11H12FNO2/c1-11(2)6-15-8-5-3-4-7(12)9(8)13-10(11)14/h3-5H,6H2,1-2H3,(H,13,14). The molecule has 2 rings (SSSR count). The maximum atomic E-state index is 13.4. The number of rotatable bonds is 0. The molecular weight excluding hydrogens is 197 g/mol. The third-order valence-electron chi connectivity index (χ3n) is 2.42. The predicted octanol–water partition coefficient (Wildman–Crippen LogP) is 2.18. The molecule has 0 aromatic heterocycles. The van der Waals surface area contributed by atoms with E-state index in [9.17, 15) is 9.18 Å². The van der Waals surface area contributed by atoms with Crippen LogP contribution in [-0.2, 0) is 4.79 Å². The molecule has 0 unspecified atom stereocenters. The van der Waals surface area contributed by atoms with Crippen LogP contribution in [0.25, 0.3) is 0 Å². The molecule has 1 amide bonds. The number of carbonyl (C=O) groups is 1. The summed E-state index contributed by atoms with van der Waals surface area (Å²) in [5.74, 6) is -0.321. The van der Waals surface area contributed by atoms with Gasteiger partial charge in [-0.25, -0.2) is 4.39 Å². The summed E-state index contributed by atoms with van der Waals surface area (Å²) >= 11 is 0. The molecule has 0 saturated carbocycles. The van der Waals surface area contributed by atoms with Gasteiger partial charge in [0, 0.05) is 0 Å². The monoisotopic (exact) mass is 209 g/mol. The van der Waals surface area contributed by atoms with Crippen LogP contribution in [0.4, 0.5) is 10.1 Å². The van der Waals surface area contributed by atoms with Crippen molar-refractivity contribution in [1.29, 1.82) is 0 Å². The number of carbonyl (C=O) groups excluding carboxylic acids is 1. The van der Waals surface area contributed by atoms with Crippen LogP contribution in [0.15, 0.2) is 18.2 Å². The van der Waals surface area contributed by atoms with E-state index in [4.69, 9.17) is 4.74 Å². The lowest BCUT2D eigenvalue weighted by Crippen LogP contribution is -2.33. The van der Waals surface area contributed by atoms with Crippen LogP contribution in [-0.4, -0.2) is 12.5 Å². The first kappa shape index (κ1) is 9.96. The summed E-state index contributed by atoms with van der Waals surface area (Å²) in [4.78, 5) is 11.7. The molecule has 0 bridgehead atoms. The van der Waals surface area contributed by atoms with E-state index in [1.165, 1.54) is 6.07 Å². The van der Waals surface area contributed by atoms with E-state index in [0.29, 0.717) is 5.75 Å². The number of fused-ring (bicyclic) bond motifs is 1. The number of hydrogen-bond donors (Lipinski definition) is 1. The molecule has 1 aromatic carbocycles. The van der Waals surface area contributed by atoms with Crippen LogP contribution < -0.4 is 10.1 Å². The molecule has 4 heteroatoms. The summed E-state index contributed by atoms with van der Waals surface area (Å²) in [5, 5.41) is 2.54. The minimum absolute atomic E-state index is 0.132. The quantitative estimate of drug-likeness (QED) is 0.711. The molecule has 0 aliphatic carbocycles. The van der Waals surface area contributed by atoms with Crippen molar-refractivity contribution in [1.82, 2.24) is 0 Å². The third kappa shape index (κ3) is 1.67. The first-order chi connectivity index (χ1) is 7.00. The zero-order valence-electron chi connectivity index (χ0n) is 8.63. The number of ether oxygens (including phenoxy) is 1. The molecule has 1 N–H and O–H groups in total. The van der Waals surface area contributed by atoms with Gasteiger partial charge in [-0.3, -0.25) is 4.79 Å². The van der Waals surface area contributed by atoms with E-state index in [0.717, 1.165) is 0 Å². The Kier molecular flexibility index (Phi) is 2.14. The number of anilines is 1. The van der Waals surface area contributed by atoms with Gasteiger partial charge in [0.2, 0.25) is 5.91 Å². The van der Waals surface area contributed by atoms with Crippen LogP contribution in [0.1, 0.15) is 13.8 Å². The topological polar surface area (TPSA) is 38.3 Å². The Morgan fingerprint density at radius 2 is 2.20 bits per heavy atom. The van der Waals surface area contributed by atoms with Crippen LogP contribution in [0, 0.1) is 11.2 Å². The van der Waals surface area contributed by atoms with Crippen molar-refractivity contribution in [2.45, 2.75) is 13.8 Å². The first-order valence-electron chi connectivity index (χ1n) is 4.73. The van der Waals surface area contributed by atoms with E-state index < -0.39 is 11.2 Å². The lowest BCUT2D eigenvalue weighted by atomic mass is 9.94. The molecule has 15 heavy (non-hydrogen) atoms. The molecule has 1 aliphatic rings. The lowest BCUT2D eigenvalue weighted by molar-refractivity contribution is -0.124. The minimum Gasteiger partial charge on any atom is -0.490 e. The van der Waals surface area contributed by atoms with Crippen molar-refractivity contribution in [3.8, 4) is 5.75 Å². The molecule has 0 spiro atoms. The van der Waals surface area contributed by atoms with Gasteiger partial charge in [0.05, 0.1) is 5.41 Å². The fourth-order valence-electron chi connectivity index (χ4n) is 1.35. The summed E-state index contributed by atoms with van der Waals surface area (Å²) in [6.07, 6.45) is 0. The van der Waals surface area contributed by atoms with Gasteiger partial charge < -0.3 is 10.1 Å². The third-order valence-corrected chi connectivity index (χ3v) is 2.42. The second-order valence-corrected chi connectivity index (χ2v) is 4.24. The van der Waals surface area contributed by atoms with Crippen molar-refractivity contribution in [2.75, 3.05) is 11.9 Å². The van der Waals surface area contributed by atoms with Gasteiger partial charge in [-0.15, -0.1) is 0 Å². The van der Waals surface area contributed by atoms with Crippen LogP contribution >= 0.6 is 0 Å². The molecule has 1 aromatic rings. The number of para-hydroxylation sites is 1. The zero-order valence-corrected chi connectivity index (χ0v) is 8.63. The van der Waals surface area contributed by atoms with Crippen molar-refractivity contribution in [3.63, 3.8) is 0 Å². The summed E-state index contributed by atoms with van der Waals surface area (Å²) < 4.78 is 18.8. The van der Waals surface area contributed by atoms with Gasteiger partial charge >= 0.3 is 0 Å². The Balaban J connectivity index is 2.45. The molecular formula is C11H12FNO2. The highest BCUT2D eigenvalue weighted by atomic mass is 19.1. The predicted molar refractivity (Wildman–Crippen MR) is 54.3 cm³/mol. The van der Waals surface area contributed by atoms with Crippen molar-refractivity contribution in [3.05, 3.63) is 24.0 Å². The van der Waals surface area contributed by atoms with Crippen LogP contribution in [0.2, 0.25) is 0 Å². The average Bonchev–Trinajstić information content (AvgIpc) is 2.28. The molecule has 3 nitrogen and oxygen atoms in total. The molecule has 0 fully saturated rings. The Morgan fingerprint density at radius 3 is 2.93 bits per heavy atom. The largest absolute Gasteiger partial charge is 0.490 e. The summed E-state index contributed by atoms with van der Waals surface area (Å²) in [6, 6.07) is 4.49. The Labute approximate surface area is 87.2 Å². The van der Waals surface area contributed by atoms with Crippen LogP contribution in [0.5, 0.6) is 5.75 Å². The smallest absolute Gasteiger partial charge is 0.233 e. The normalized spacial score (nSPS) is 18.5. The van der Waals surface area contributed by atoms with Crippen molar-refractivity contribution in [2.24, 2.45) is 5.41 Å². The average molecular weight is 209 g/mol. The molecule has 1 heterocycles. The van der Waals surface area contributed by atoms with E-state index in [-0.39, 0.29) is 18.2 Å².